The number of ether oxygens (including phenoxy) is 1. The Morgan fingerprint density at radius 1 is 1.32 bits per heavy atom. The summed E-state index contributed by atoms with van der Waals surface area (Å²) in [5, 5.41) is 12.1. The minimum absolute atomic E-state index is 0.250. The second-order valence-electron chi connectivity index (χ2n) is 7.27. The number of amides is 1. The maximum Gasteiger partial charge on any atom is 0.410 e. The third kappa shape index (κ3) is 4.56. The van der Waals surface area contributed by atoms with Gasteiger partial charge in [0.1, 0.15) is 5.60 Å². The minimum Gasteiger partial charge on any atom is -0.444 e. The lowest BCUT2D eigenvalue weighted by atomic mass is 10.1. The summed E-state index contributed by atoms with van der Waals surface area (Å²) in [5.41, 5.74) is 0.495. The molecule has 1 aliphatic heterocycles. The summed E-state index contributed by atoms with van der Waals surface area (Å²) in [6.45, 7) is 7.68. The van der Waals surface area contributed by atoms with Crippen LogP contribution in [0.5, 0.6) is 0 Å². The molecule has 134 valence electrons. The third-order valence-electron chi connectivity index (χ3n) is 4.00. The second kappa shape index (κ2) is 7.11. The molecule has 1 saturated heterocycles. The molecule has 25 heavy (non-hydrogen) atoms. The van der Waals surface area contributed by atoms with Crippen LogP contribution in [0.25, 0.3) is 11.4 Å². The molecule has 7 nitrogen and oxygen atoms in total. The Morgan fingerprint density at radius 2 is 2.04 bits per heavy atom. The van der Waals surface area contributed by atoms with E-state index in [0.29, 0.717) is 25.6 Å². The lowest BCUT2D eigenvalue weighted by Gasteiger charge is -2.24. The van der Waals surface area contributed by atoms with Gasteiger partial charge in [0.15, 0.2) is 5.82 Å². The Balaban J connectivity index is 1.64. The molecule has 1 aliphatic rings. The number of nitrogens with zero attached hydrogens (tertiary/aromatic N) is 5. The van der Waals surface area contributed by atoms with Crippen LogP contribution in [-0.2, 0) is 11.3 Å². The summed E-state index contributed by atoms with van der Waals surface area (Å²) in [6, 6.07) is 7.89. The van der Waals surface area contributed by atoms with Crippen LogP contribution in [0.1, 0.15) is 27.2 Å². The van der Waals surface area contributed by atoms with Crippen LogP contribution in [0, 0.1) is 5.92 Å². The second-order valence-corrected chi connectivity index (χ2v) is 8.19. The highest BCUT2D eigenvalue weighted by molar-refractivity contribution is 9.10. The Hall–Kier alpha value is -1.96. The zero-order chi connectivity index (χ0) is 18.0. The summed E-state index contributed by atoms with van der Waals surface area (Å²) in [7, 11) is 0. The molecular weight excluding hydrogens is 386 g/mol. The number of benzene rings is 1. The van der Waals surface area contributed by atoms with Gasteiger partial charge in [0, 0.05) is 29.7 Å². The first-order chi connectivity index (χ1) is 11.8. The first-order valence-electron chi connectivity index (χ1n) is 8.32. The number of hydrogen-bond acceptors (Lipinski definition) is 5. The molecule has 0 unspecified atom stereocenters. The number of likely N-dealkylation sites (tertiary alicyclic amines) is 1. The average molecular weight is 408 g/mol. The highest BCUT2D eigenvalue weighted by Gasteiger charge is 2.30. The number of aromatic nitrogens is 4. The number of tetrazole rings is 1. The fourth-order valence-electron chi connectivity index (χ4n) is 2.85. The van der Waals surface area contributed by atoms with Gasteiger partial charge in [-0.2, -0.15) is 0 Å². The summed E-state index contributed by atoms with van der Waals surface area (Å²) in [5.74, 6) is 1.05. The number of carbonyl (C=O) groups is 1. The van der Waals surface area contributed by atoms with Gasteiger partial charge in [-0.1, -0.05) is 28.1 Å². The van der Waals surface area contributed by atoms with E-state index in [9.17, 15) is 4.79 Å². The molecule has 0 bridgehead atoms. The smallest absolute Gasteiger partial charge is 0.410 e. The van der Waals surface area contributed by atoms with Crippen LogP contribution in [0.3, 0.4) is 0 Å². The zero-order valence-electron chi connectivity index (χ0n) is 14.6. The molecule has 1 amide bonds. The minimum atomic E-state index is -0.472. The van der Waals surface area contributed by atoms with E-state index in [2.05, 4.69) is 31.5 Å². The fraction of sp³-hybridized carbons (Fsp3) is 0.529. The van der Waals surface area contributed by atoms with Crippen molar-refractivity contribution in [1.29, 1.82) is 0 Å². The maximum atomic E-state index is 12.2. The topological polar surface area (TPSA) is 73.1 Å². The van der Waals surface area contributed by atoms with Crippen molar-refractivity contribution in [2.45, 2.75) is 39.3 Å². The lowest BCUT2D eigenvalue weighted by Crippen LogP contribution is -2.35. The Kier molecular flexibility index (Phi) is 5.08. The van der Waals surface area contributed by atoms with Crippen LogP contribution in [-0.4, -0.2) is 49.9 Å². The molecule has 0 radical (unpaired) electrons. The standard InChI is InChI=1S/C17H22BrN5O2/c1-17(2,3)25-16(24)22-9-8-12(10-22)11-23-15(19-20-21-23)13-4-6-14(18)7-5-13/h4-7,12H,8-11H2,1-3H3/t12-/m1/s1. The van der Waals surface area contributed by atoms with E-state index in [0.717, 1.165) is 22.3 Å². The summed E-state index contributed by atoms with van der Waals surface area (Å²) >= 11 is 3.43. The number of halogens is 1. The van der Waals surface area contributed by atoms with Gasteiger partial charge in [-0.15, -0.1) is 5.10 Å². The van der Waals surface area contributed by atoms with Crippen LogP contribution in [0.15, 0.2) is 28.7 Å². The van der Waals surface area contributed by atoms with E-state index in [1.807, 2.05) is 49.7 Å². The molecule has 1 atom stereocenters. The molecule has 0 spiro atoms. The van der Waals surface area contributed by atoms with E-state index in [1.165, 1.54) is 0 Å². The SMILES string of the molecule is CC(C)(C)OC(=O)N1CC[C@@H](Cn2nnnc2-c2ccc(Br)cc2)C1. The van der Waals surface area contributed by atoms with Gasteiger partial charge in [0.05, 0.1) is 0 Å². The van der Waals surface area contributed by atoms with E-state index in [-0.39, 0.29) is 6.09 Å². The first-order valence-corrected chi connectivity index (χ1v) is 9.11. The van der Waals surface area contributed by atoms with Crippen LogP contribution in [0.2, 0.25) is 0 Å². The average Bonchev–Trinajstić information content (AvgIpc) is 3.16. The monoisotopic (exact) mass is 407 g/mol. The van der Waals surface area contributed by atoms with Crippen LogP contribution < -0.4 is 0 Å². The van der Waals surface area contributed by atoms with Gasteiger partial charge in [0.25, 0.3) is 0 Å². The van der Waals surface area contributed by atoms with Crippen molar-refractivity contribution >= 4 is 22.0 Å². The summed E-state index contributed by atoms with van der Waals surface area (Å²) in [6.07, 6.45) is 0.665. The quantitative estimate of drug-likeness (QED) is 0.779. The first kappa shape index (κ1) is 17.8. The van der Waals surface area contributed by atoms with E-state index < -0.39 is 5.60 Å². The van der Waals surface area contributed by atoms with Gasteiger partial charge < -0.3 is 9.64 Å². The van der Waals surface area contributed by atoms with E-state index >= 15 is 0 Å². The van der Waals surface area contributed by atoms with Crippen molar-refractivity contribution in [2.24, 2.45) is 5.92 Å². The molecule has 0 aliphatic carbocycles. The van der Waals surface area contributed by atoms with Crippen LogP contribution >= 0.6 is 15.9 Å². The predicted octanol–water partition coefficient (Wildman–Crippen LogP) is 3.36. The van der Waals surface area contributed by atoms with Gasteiger partial charge in [-0.3, -0.25) is 0 Å². The van der Waals surface area contributed by atoms with Gasteiger partial charge in [-0.05, 0) is 55.7 Å². The molecule has 0 N–H and O–H groups in total. The molecule has 1 fully saturated rings. The van der Waals surface area contributed by atoms with Crippen molar-refractivity contribution in [3.8, 4) is 11.4 Å². The van der Waals surface area contributed by atoms with Crippen molar-refractivity contribution in [3.05, 3.63) is 28.7 Å². The van der Waals surface area contributed by atoms with Crippen molar-refractivity contribution < 1.29 is 9.53 Å². The molecule has 8 heteroatoms. The fourth-order valence-corrected chi connectivity index (χ4v) is 3.12. The predicted molar refractivity (Wildman–Crippen MR) is 96.9 cm³/mol. The van der Waals surface area contributed by atoms with E-state index in [4.69, 9.17) is 4.74 Å². The Bertz CT molecular complexity index is 738. The van der Waals surface area contributed by atoms with Crippen molar-refractivity contribution in [3.63, 3.8) is 0 Å². The van der Waals surface area contributed by atoms with Crippen LogP contribution in [0.4, 0.5) is 4.79 Å². The van der Waals surface area contributed by atoms with Crippen molar-refractivity contribution in [2.75, 3.05) is 13.1 Å². The molecule has 0 saturated carbocycles. The normalized spacial score (nSPS) is 17.8. The molecule has 1 aromatic heterocycles. The van der Waals surface area contributed by atoms with Gasteiger partial charge >= 0.3 is 6.09 Å². The highest BCUT2D eigenvalue weighted by Crippen LogP contribution is 2.24. The molecule has 1 aromatic carbocycles. The molecule has 2 aromatic rings. The third-order valence-corrected chi connectivity index (χ3v) is 4.53. The molecular formula is C17H22BrN5O2. The largest absolute Gasteiger partial charge is 0.444 e. The van der Waals surface area contributed by atoms with Crippen molar-refractivity contribution in [1.82, 2.24) is 25.1 Å². The number of hydrogen-bond donors (Lipinski definition) is 0. The van der Waals surface area contributed by atoms with E-state index in [1.54, 1.807) is 4.90 Å². The zero-order valence-corrected chi connectivity index (χ0v) is 16.2. The molecule has 3 rings (SSSR count). The number of rotatable bonds is 3. The summed E-state index contributed by atoms with van der Waals surface area (Å²) in [4.78, 5) is 13.9. The summed E-state index contributed by atoms with van der Waals surface area (Å²) < 4.78 is 8.27. The maximum absolute atomic E-state index is 12.2. The van der Waals surface area contributed by atoms with Gasteiger partial charge in [-0.25, -0.2) is 9.48 Å². The highest BCUT2D eigenvalue weighted by atomic mass is 79.9. The lowest BCUT2D eigenvalue weighted by molar-refractivity contribution is 0.0287. The Labute approximate surface area is 155 Å². The number of carbonyl (C=O) groups excluding carboxylic acids is 1. The Morgan fingerprint density at radius 3 is 2.72 bits per heavy atom. The van der Waals surface area contributed by atoms with Gasteiger partial charge in [0.2, 0.25) is 0 Å². The molecule has 2 heterocycles.